The number of nitrogens with zero attached hydrogens (tertiary/aromatic N) is 1. The minimum Gasteiger partial charge on any atom is -0.341 e. The van der Waals surface area contributed by atoms with Crippen LogP contribution in [0.3, 0.4) is 0 Å². The van der Waals surface area contributed by atoms with Gasteiger partial charge in [0.2, 0.25) is 0 Å². The Morgan fingerprint density at radius 2 is 2.25 bits per heavy atom. The van der Waals surface area contributed by atoms with E-state index >= 15 is 0 Å². The Morgan fingerprint density at radius 3 is 2.88 bits per heavy atom. The second-order valence-corrected chi connectivity index (χ2v) is 5.96. The number of likely N-dealkylation sites (N-methyl/N-ethyl adjacent to an activating group) is 1. The standard InChI is InChI=1S/C10H10ClNO3S/c1-12-6-5-7-8(10(12)13)3-2-4-9(7)16(11,14)15/h2-4H,5-6H2,1H3/i1D3. The average molecular weight is 263 g/mol. The van der Waals surface area contributed by atoms with Gasteiger partial charge in [-0.2, -0.15) is 0 Å². The highest BCUT2D eigenvalue weighted by Gasteiger charge is 2.27. The van der Waals surface area contributed by atoms with Crippen LogP contribution >= 0.6 is 10.7 Å². The summed E-state index contributed by atoms with van der Waals surface area (Å²) in [6, 6.07) is 4.08. The van der Waals surface area contributed by atoms with E-state index in [9.17, 15) is 13.2 Å². The monoisotopic (exact) mass is 262 g/mol. The van der Waals surface area contributed by atoms with E-state index in [1.165, 1.54) is 18.2 Å². The molecule has 86 valence electrons. The molecule has 0 atom stereocenters. The number of benzene rings is 1. The maximum atomic E-state index is 12.1. The lowest BCUT2D eigenvalue weighted by molar-refractivity contribution is 0.0780. The zero-order valence-corrected chi connectivity index (χ0v) is 9.68. The smallest absolute Gasteiger partial charge is 0.261 e. The summed E-state index contributed by atoms with van der Waals surface area (Å²) in [5, 5.41) is 0. The van der Waals surface area contributed by atoms with E-state index in [4.69, 9.17) is 14.8 Å². The highest BCUT2D eigenvalue weighted by molar-refractivity contribution is 8.13. The van der Waals surface area contributed by atoms with Gasteiger partial charge in [0.25, 0.3) is 15.0 Å². The second kappa shape index (κ2) is 3.75. The number of rotatable bonds is 1. The molecule has 4 nitrogen and oxygen atoms in total. The molecule has 2 rings (SSSR count). The number of amides is 1. The number of halogens is 1. The van der Waals surface area contributed by atoms with Crippen LogP contribution in [-0.2, 0) is 15.5 Å². The molecule has 0 aliphatic carbocycles. The second-order valence-electron chi connectivity index (χ2n) is 3.43. The summed E-state index contributed by atoms with van der Waals surface area (Å²) in [6.07, 6.45) is 0.140. The molecule has 0 fully saturated rings. The molecule has 0 saturated heterocycles. The fourth-order valence-electron chi connectivity index (χ4n) is 1.72. The molecule has 1 aromatic rings. The third kappa shape index (κ3) is 1.81. The van der Waals surface area contributed by atoms with E-state index in [-0.39, 0.29) is 29.0 Å². The van der Waals surface area contributed by atoms with Gasteiger partial charge in [0, 0.05) is 33.9 Å². The highest BCUT2D eigenvalue weighted by Crippen LogP contribution is 2.27. The molecule has 1 aliphatic heterocycles. The Bertz CT molecular complexity index is 642. The molecule has 0 aromatic heterocycles. The molecule has 1 aliphatic rings. The minimum atomic E-state index is -3.96. The highest BCUT2D eigenvalue weighted by atomic mass is 35.7. The van der Waals surface area contributed by atoms with Gasteiger partial charge in [0.05, 0.1) is 4.90 Å². The number of hydrogen-bond donors (Lipinski definition) is 0. The van der Waals surface area contributed by atoms with Crippen molar-refractivity contribution in [1.29, 1.82) is 0 Å². The van der Waals surface area contributed by atoms with Crippen LogP contribution in [-0.4, -0.2) is 32.7 Å². The summed E-state index contributed by atoms with van der Waals surface area (Å²) < 4.78 is 44.6. The van der Waals surface area contributed by atoms with Crippen LogP contribution in [0.15, 0.2) is 23.1 Å². The van der Waals surface area contributed by atoms with E-state index in [1.54, 1.807) is 0 Å². The van der Waals surface area contributed by atoms with Gasteiger partial charge in [-0.25, -0.2) is 8.42 Å². The predicted octanol–water partition coefficient (Wildman–Crippen LogP) is 1.24. The third-order valence-corrected chi connectivity index (χ3v) is 3.86. The number of fused-ring (bicyclic) bond motifs is 1. The van der Waals surface area contributed by atoms with Gasteiger partial charge in [-0.3, -0.25) is 4.79 Å². The predicted molar refractivity (Wildman–Crippen MR) is 60.1 cm³/mol. The quantitative estimate of drug-likeness (QED) is 0.716. The summed E-state index contributed by atoms with van der Waals surface area (Å²) in [4.78, 5) is 12.7. The first-order chi connectivity index (χ1) is 8.62. The summed E-state index contributed by atoms with van der Waals surface area (Å²) in [5.74, 6) is -0.705. The molecule has 0 bridgehead atoms. The SMILES string of the molecule is [2H]C([2H])([2H])N1CCc2c(cccc2S(=O)(=O)Cl)C1=O. The molecule has 1 amide bonds. The Kier molecular flexibility index (Phi) is 1.89. The molecule has 1 heterocycles. The molecule has 0 radical (unpaired) electrons. The van der Waals surface area contributed by atoms with Crippen LogP contribution in [0, 0.1) is 0 Å². The topological polar surface area (TPSA) is 54.5 Å². The maximum absolute atomic E-state index is 12.1. The summed E-state index contributed by atoms with van der Waals surface area (Å²) >= 11 is 0. The van der Waals surface area contributed by atoms with Gasteiger partial charge < -0.3 is 4.90 Å². The molecule has 0 spiro atoms. The van der Waals surface area contributed by atoms with E-state index in [1.807, 2.05) is 0 Å². The van der Waals surface area contributed by atoms with Gasteiger partial charge in [-0.1, -0.05) is 6.07 Å². The lowest BCUT2D eigenvalue weighted by Gasteiger charge is -2.25. The molecule has 1 aromatic carbocycles. The van der Waals surface area contributed by atoms with Gasteiger partial charge in [-0.15, -0.1) is 0 Å². The molecule has 16 heavy (non-hydrogen) atoms. The normalized spacial score (nSPS) is 19.7. The van der Waals surface area contributed by atoms with E-state index in [0.29, 0.717) is 0 Å². The van der Waals surface area contributed by atoms with Crippen molar-refractivity contribution in [1.82, 2.24) is 4.90 Å². The number of carbonyl (C=O) groups is 1. The van der Waals surface area contributed by atoms with Crippen LogP contribution in [0.1, 0.15) is 20.0 Å². The first-order valence-electron chi connectivity index (χ1n) is 6.01. The lowest BCUT2D eigenvalue weighted by atomic mass is 9.99. The first-order valence-corrected chi connectivity index (χ1v) is 6.82. The van der Waals surface area contributed by atoms with Crippen molar-refractivity contribution in [2.45, 2.75) is 11.3 Å². The van der Waals surface area contributed by atoms with Crippen LogP contribution < -0.4 is 0 Å². The van der Waals surface area contributed by atoms with Gasteiger partial charge in [-0.05, 0) is 24.1 Å². The Morgan fingerprint density at radius 1 is 1.50 bits per heavy atom. The van der Waals surface area contributed by atoms with E-state index in [2.05, 4.69) is 0 Å². The summed E-state index contributed by atoms with van der Waals surface area (Å²) in [5.41, 5.74) is 0.354. The third-order valence-electron chi connectivity index (χ3n) is 2.46. The fraction of sp³-hybridized carbons (Fsp3) is 0.300. The van der Waals surface area contributed by atoms with Crippen molar-refractivity contribution in [2.24, 2.45) is 0 Å². The fourth-order valence-corrected chi connectivity index (χ4v) is 2.90. The maximum Gasteiger partial charge on any atom is 0.261 e. The van der Waals surface area contributed by atoms with Crippen molar-refractivity contribution < 1.29 is 17.3 Å². The Labute approximate surface area is 102 Å². The van der Waals surface area contributed by atoms with Crippen molar-refractivity contribution in [3.8, 4) is 0 Å². The van der Waals surface area contributed by atoms with Crippen molar-refractivity contribution in [2.75, 3.05) is 13.5 Å². The van der Waals surface area contributed by atoms with Crippen molar-refractivity contribution in [3.63, 3.8) is 0 Å². The molecule has 6 heteroatoms. The Balaban J connectivity index is 2.57. The molecule has 0 unspecified atom stereocenters. The van der Waals surface area contributed by atoms with Crippen molar-refractivity contribution in [3.05, 3.63) is 29.3 Å². The van der Waals surface area contributed by atoms with Crippen LogP contribution in [0.25, 0.3) is 0 Å². The average Bonchev–Trinajstić information content (AvgIpc) is 2.26. The van der Waals surface area contributed by atoms with Gasteiger partial charge >= 0.3 is 0 Å². The van der Waals surface area contributed by atoms with Crippen molar-refractivity contribution >= 4 is 25.6 Å². The summed E-state index contributed by atoms with van der Waals surface area (Å²) in [7, 11) is 1.35. The number of carbonyl (C=O) groups excluding carboxylic acids is 1. The summed E-state index contributed by atoms with van der Waals surface area (Å²) in [6.45, 7) is -2.60. The Hall–Kier alpha value is -1.07. The van der Waals surface area contributed by atoms with Crippen LogP contribution in [0.2, 0.25) is 0 Å². The zero-order valence-electron chi connectivity index (χ0n) is 11.1. The zero-order chi connectivity index (χ0) is 14.4. The first kappa shape index (κ1) is 8.08. The molecule has 0 saturated carbocycles. The lowest BCUT2D eigenvalue weighted by Crippen LogP contribution is -2.34. The number of hydrogen-bond acceptors (Lipinski definition) is 3. The largest absolute Gasteiger partial charge is 0.341 e. The van der Waals surface area contributed by atoms with Crippen LogP contribution in [0.5, 0.6) is 0 Å². The molecule has 0 N–H and O–H groups in total. The van der Waals surface area contributed by atoms with E-state index in [0.717, 1.165) is 4.90 Å². The molecular weight excluding hydrogens is 250 g/mol. The van der Waals surface area contributed by atoms with E-state index < -0.39 is 21.9 Å². The molecular formula is C10H10ClNO3S. The van der Waals surface area contributed by atoms with Crippen LogP contribution in [0.4, 0.5) is 0 Å². The minimum absolute atomic E-state index is 0.0637. The van der Waals surface area contributed by atoms with Gasteiger partial charge in [0.1, 0.15) is 0 Å². The van der Waals surface area contributed by atoms with Gasteiger partial charge in [0.15, 0.2) is 0 Å².